The first kappa shape index (κ1) is 20.6. The van der Waals surface area contributed by atoms with Crippen molar-refractivity contribution in [2.45, 2.75) is 30.7 Å². The first-order valence-corrected chi connectivity index (χ1v) is 7.41. The van der Waals surface area contributed by atoms with Gasteiger partial charge in [0.1, 0.15) is 24.1 Å². The Bertz CT molecular complexity index is 831. The van der Waals surface area contributed by atoms with Crippen LogP contribution in [0.4, 0.5) is 19.0 Å². The van der Waals surface area contributed by atoms with Crippen molar-refractivity contribution in [1.29, 1.82) is 0 Å². The summed E-state index contributed by atoms with van der Waals surface area (Å²) in [6, 6.07) is 0. The molecule has 1 saturated heterocycles. The summed E-state index contributed by atoms with van der Waals surface area (Å²) in [7, 11) is 0. The van der Waals surface area contributed by atoms with Gasteiger partial charge < -0.3 is 31.1 Å². The van der Waals surface area contributed by atoms with Crippen LogP contribution in [0, 0.1) is 11.8 Å². The molecule has 1 fully saturated rings. The maximum atomic E-state index is 12.1. The van der Waals surface area contributed by atoms with Gasteiger partial charge in [-0.15, -0.1) is 0 Å². The molecular formula is C14H15F3N4O6. The van der Waals surface area contributed by atoms with Crippen LogP contribution in [-0.4, -0.2) is 68.4 Å². The smallest absolute Gasteiger partial charge is 0.394 e. The van der Waals surface area contributed by atoms with E-state index in [4.69, 9.17) is 15.6 Å². The lowest BCUT2D eigenvalue weighted by Crippen LogP contribution is -2.37. The molecule has 2 heterocycles. The molecule has 0 unspecified atom stereocenters. The summed E-state index contributed by atoms with van der Waals surface area (Å²) < 4.78 is 42.1. The zero-order valence-corrected chi connectivity index (χ0v) is 13.5. The number of nitrogens with two attached hydrogens (primary N) is 1. The van der Waals surface area contributed by atoms with Crippen molar-refractivity contribution in [2.24, 2.45) is 0 Å². The Balaban J connectivity index is 2.21. The van der Waals surface area contributed by atoms with Crippen molar-refractivity contribution < 1.29 is 38.0 Å². The summed E-state index contributed by atoms with van der Waals surface area (Å²) in [5, 5.41) is 30.3. The lowest BCUT2D eigenvalue weighted by Gasteiger charge is -2.17. The number of anilines is 1. The molecule has 27 heavy (non-hydrogen) atoms. The van der Waals surface area contributed by atoms with E-state index in [2.05, 4.69) is 16.8 Å². The van der Waals surface area contributed by atoms with E-state index in [1.165, 1.54) is 5.32 Å². The Morgan fingerprint density at radius 3 is 2.63 bits per heavy atom. The monoisotopic (exact) mass is 392 g/mol. The van der Waals surface area contributed by atoms with Crippen molar-refractivity contribution in [3.63, 3.8) is 0 Å². The summed E-state index contributed by atoms with van der Waals surface area (Å²) in [6.45, 7) is -1.26. The molecule has 6 N–H and O–H groups in total. The van der Waals surface area contributed by atoms with Crippen molar-refractivity contribution in [1.82, 2.24) is 14.9 Å². The number of hydrogen-bond acceptors (Lipinski definition) is 8. The number of aliphatic hydroxyl groups excluding tert-OH is 3. The van der Waals surface area contributed by atoms with Gasteiger partial charge in [-0.25, -0.2) is 4.79 Å². The van der Waals surface area contributed by atoms with Crippen molar-refractivity contribution >= 4 is 11.7 Å². The van der Waals surface area contributed by atoms with Gasteiger partial charge in [-0.2, -0.15) is 18.2 Å². The minimum Gasteiger partial charge on any atom is -0.394 e. The molecule has 1 aromatic rings. The highest BCUT2D eigenvalue weighted by Gasteiger charge is 2.44. The first-order valence-electron chi connectivity index (χ1n) is 7.41. The van der Waals surface area contributed by atoms with E-state index in [9.17, 15) is 33.0 Å². The number of nitrogens with one attached hydrogen (secondary N) is 1. The van der Waals surface area contributed by atoms with E-state index >= 15 is 0 Å². The number of alkyl halides is 3. The van der Waals surface area contributed by atoms with Gasteiger partial charge in [0.2, 0.25) is 0 Å². The third-order valence-electron chi connectivity index (χ3n) is 3.59. The molecule has 1 aliphatic rings. The van der Waals surface area contributed by atoms with Gasteiger partial charge in [0.15, 0.2) is 6.23 Å². The van der Waals surface area contributed by atoms with Gasteiger partial charge in [-0.1, -0.05) is 11.8 Å². The van der Waals surface area contributed by atoms with Gasteiger partial charge >= 0.3 is 17.8 Å². The lowest BCUT2D eigenvalue weighted by atomic mass is 10.1. The Hall–Kier alpha value is -2.66. The summed E-state index contributed by atoms with van der Waals surface area (Å²) in [5.41, 5.74) is 4.49. The van der Waals surface area contributed by atoms with Crippen molar-refractivity contribution in [2.75, 3.05) is 18.9 Å². The average molecular weight is 392 g/mol. The molecule has 0 spiro atoms. The molecule has 10 nitrogen and oxygen atoms in total. The summed E-state index contributed by atoms with van der Waals surface area (Å²) in [6.07, 6.45) is -9.56. The largest absolute Gasteiger partial charge is 0.471 e. The molecule has 0 saturated carbocycles. The maximum absolute atomic E-state index is 12.1. The fourth-order valence-corrected chi connectivity index (χ4v) is 2.23. The maximum Gasteiger partial charge on any atom is 0.471 e. The van der Waals surface area contributed by atoms with Gasteiger partial charge in [-0.3, -0.25) is 9.36 Å². The van der Waals surface area contributed by atoms with Crippen molar-refractivity contribution in [3.05, 3.63) is 22.2 Å². The number of nitrogens with zero attached hydrogens (tertiary/aromatic N) is 2. The van der Waals surface area contributed by atoms with E-state index < -0.39 is 55.5 Å². The lowest BCUT2D eigenvalue weighted by molar-refractivity contribution is -0.173. The standard InChI is InChI=1S/C14H15F3N4O6/c15-14(16,17)12(25)19-3-1-2-6-4-21(13(26)20-10(6)18)11-9(24)8(23)7(5-22)27-11/h4,7-9,11,22-24H,3,5H2,(H,19,25)(H2,18,20,26)/t7-,8-,9-,11-/m1/s1. The van der Waals surface area contributed by atoms with E-state index in [1.54, 1.807) is 0 Å². The van der Waals surface area contributed by atoms with Crippen LogP contribution in [0.1, 0.15) is 11.8 Å². The highest BCUT2D eigenvalue weighted by atomic mass is 19.4. The van der Waals surface area contributed by atoms with Crippen molar-refractivity contribution in [3.8, 4) is 11.8 Å². The third kappa shape index (κ3) is 4.55. The highest BCUT2D eigenvalue weighted by molar-refractivity contribution is 5.81. The van der Waals surface area contributed by atoms with Crippen LogP contribution in [-0.2, 0) is 9.53 Å². The Morgan fingerprint density at radius 2 is 2.07 bits per heavy atom. The second-order valence-corrected chi connectivity index (χ2v) is 5.44. The van der Waals surface area contributed by atoms with E-state index in [0.717, 1.165) is 10.8 Å². The third-order valence-corrected chi connectivity index (χ3v) is 3.59. The topological polar surface area (TPSA) is 160 Å². The number of hydrogen-bond donors (Lipinski definition) is 5. The number of ether oxygens (including phenoxy) is 1. The molecule has 1 amide bonds. The molecule has 0 bridgehead atoms. The molecule has 0 aromatic carbocycles. The van der Waals surface area contributed by atoms with Crippen LogP contribution in [0.5, 0.6) is 0 Å². The van der Waals surface area contributed by atoms with Crippen LogP contribution >= 0.6 is 0 Å². The first-order chi connectivity index (χ1) is 12.6. The van der Waals surface area contributed by atoms with E-state index in [0.29, 0.717) is 0 Å². The van der Waals surface area contributed by atoms with Crippen LogP contribution in [0.25, 0.3) is 0 Å². The van der Waals surface area contributed by atoms with Gasteiger partial charge in [0.05, 0.1) is 18.7 Å². The Morgan fingerprint density at radius 1 is 1.41 bits per heavy atom. The van der Waals surface area contributed by atoms with Crippen LogP contribution in [0.3, 0.4) is 0 Å². The second-order valence-electron chi connectivity index (χ2n) is 5.44. The minimum atomic E-state index is -5.05. The highest BCUT2D eigenvalue weighted by Crippen LogP contribution is 2.28. The van der Waals surface area contributed by atoms with Crippen LogP contribution < -0.4 is 16.7 Å². The Kier molecular flexibility index (Phi) is 6.06. The molecule has 0 radical (unpaired) electrons. The molecule has 1 aromatic heterocycles. The summed E-state index contributed by atoms with van der Waals surface area (Å²) in [4.78, 5) is 26.1. The number of halogens is 3. The predicted molar refractivity (Wildman–Crippen MR) is 81.9 cm³/mol. The number of carbonyl (C=O) groups excluding carboxylic acids is 1. The van der Waals surface area contributed by atoms with E-state index in [1.807, 2.05) is 0 Å². The van der Waals surface area contributed by atoms with Gasteiger partial charge in [0, 0.05) is 6.20 Å². The second kappa shape index (κ2) is 7.92. The number of aromatic nitrogens is 2. The average Bonchev–Trinajstić information content (AvgIpc) is 2.87. The molecule has 1 aliphatic heterocycles. The Labute approximate surface area is 149 Å². The normalized spacial score (nSPS) is 25.0. The number of amides is 1. The minimum absolute atomic E-state index is 0.0893. The summed E-state index contributed by atoms with van der Waals surface area (Å²) in [5.74, 6) is 2.04. The summed E-state index contributed by atoms with van der Waals surface area (Å²) >= 11 is 0. The van der Waals surface area contributed by atoms with Gasteiger partial charge in [0.25, 0.3) is 0 Å². The molecular weight excluding hydrogens is 377 g/mol. The fraction of sp³-hybridized carbons (Fsp3) is 0.500. The quantitative estimate of drug-likeness (QED) is 0.352. The number of nitrogen functional groups attached to an aromatic ring is 1. The zero-order chi connectivity index (χ0) is 20.4. The number of carbonyl (C=O) groups is 1. The molecule has 4 atom stereocenters. The predicted octanol–water partition coefficient (Wildman–Crippen LogP) is -2.53. The van der Waals surface area contributed by atoms with Gasteiger partial charge in [-0.05, 0) is 0 Å². The number of aliphatic hydroxyl groups is 3. The molecule has 2 rings (SSSR count). The fourth-order valence-electron chi connectivity index (χ4n) is 2.23. The zero-order valence-electron chi connectivity index (χ0n) is 13.5. The van der Waals surface area contributed by atoms with E-state index in [-0.39, 0.29) is 11.4 Å². The molecule has 148 valence electrons. The number of rotatable bonds is 3. The van der Waals surface area contributed by atoms with Crippen LogP contribution in [0.15, 0.2) is 11.0 Å². The van der Waals surface area contributed by atoms with Crippen LogP contribution in [0.2, 0.25) is 0 Å². The molecule has 0 aliphatic carbocycles. The molecule has 13 heteroatoms. The SMILES string of the molecule is Nc1nc(=O)n([C@@H]2O[C@H](CO)[C@@H](O)[C@H]2O)cc1C#CCNC(=O)C(F)(F)F.